The predicted molar refractivity (Wildman–Crippen MR) is 117 cm³/mol. The Morgan fingerprint density at radius 1 is 0.857 bits per heavy atom. The van der Waals surface area contributed by atoms with Crippen LogP contribution in [0.15, 0.2) is 67.2 Å². The molecule has 0 radical (unpaired) electrons. The number of pyridine rings is 1. The van der Waals surface area contributed by atoms with Gasteiger partial charge in [0, 0.05) is 17.7 Å². The first kappa shape index (κ1) is 18.5. The number of fused-ring (bicyclic) bond motifs is 3. The molecule has 2 nitrogen and oxygen atoms in total. The first-order valence-electron chi connectivity index (χ1n) is 10.3. The van der Waals surface area contributed by atoms with Crippen LogP contribution in [-0.4, -0.2) is 11.6 Å². The lowest BCUT2D eigenvalue weighted by atomic mass is 10.1. The van der Waals surface area contributed by atoms with Gasteiger partial charge in [0.1, 0.15) is 5.75 Å². The summed E-state index contributed by atoms with van der Waals surface area (Å²) >= 11 is 0. The highest BCUT2D eigenvalue weighted by molar-refractivity contribution is 5.73. The fourth-order valence-corrected chi connectivity index (χ4v) is 3.81. The first-order valence-corrected chi connectivity index (χ1v) is 10.3. The molecule has 1 aromatic heterocycles. The van der Waals surface area contributed by atoms with Crippen LogP contribution in [0, 0.1) is 0 Å². The van der Waals surface area contributed by atoms with Crippen molar-refractivity contribution in [3.8, 4) is 17.0 Å². The van der Waals surface area contributed by atoms with E-state index in [0.29, 0.717) is 0 Å². The molecule has 0 aliphatic heterocycles. The maximum absolute atomic E-state index is 5.81. The summed E-state index contributed by atoms with van der Waals surface area (Å²) < 4.78 is 5.81. The van der Waals surface area contributed by atoms with Crippen LogP contribution in [0.3, 0.4) is 0 Å². The van der Waals surface area contributed by atoms with E-state index < -0.39 is 0 Å². The SMILES string of the molecule is C=Cc1ccc(OCCCCCCc2ccc3c(n2)-c2ccccc2C3)cc1. The second-order valence-electron chi connectivity index (χ2n) is 7.43. The third-order valence-corrected chi connectivity index (χ3v) is 5.40. The second-order valence-corrected chi connectivity index (χ2v) is 7.43. The number of hydrogen-bond acceptors (Lipinski definition) is 2. The summed E-state index contributed by atoms with van der Waals surface area (Å²) in [6, 6.07) is 21.2. The largest absolute Gasteiger partial charge is 0.494 e. The van der Waals surface area contributed by atoms with Crippen LogP contribution < -0.4 is 4.74 Å². The van der Waals surface area contributed by atoms with Crippen molar-refractivity contribution in [2.75, 3.05) is 6.61 Å². The monoisotopic (exact) mass is 369 g/mol. The van der Waals surface area contributed by atoms with E-state index >= 15 is 0 Å². The van der Waals surface area contributed by atoms with Gasteiger partial charge in [-0.25, -0.2) is 0 Å². The summed E-state index contributed by atoms with van der Waals surface area (Å²) in [5.74, 6) is 0.938. The van der Waals surface area contributed by atoms with Crippen LogP contribution in [0.4, 0.5) is 0 Å². The summed E-state index contributed by atoms with van der Waals surface area (Å²) in [4.78, 5) is 4.95. The van der Waals surface area contributed by atoms with Gasteiger partial charge in [-0.1, -0.05) is 68.0 Å². The Hall–Kier alpha value is -2.87. The molecular formula is C26H27NO. The standard InChI is InChI=1S/C26H27NO/c1-2-20-12-16-24(17-13-20)28-18-8-4-3-5-10-23-15-14-22-19-21-9-6-7-11-25(21)26(22)27-23/h2,6-7,9,11-17H,1,3-5,8,10,18-19H2. The third kappa shape index (κ3) is 4.33. The molecule has 28 heavy (non-hydrogen) atoms. The zero-order valence-electron chi connectivity index (χ0n) is 16.4. The molecule has 0 bridgehead atoms. The lowest BCUT2D eigenvalue weighted by Crippen LogP contribution is -1.98. The molecule has 0 saturated heterocycles. The molecule has 2 aromatic carbocycles. The van der Waals surface area contributed by atoms with Crippen LogP contribution in [0.2, 0.25) is 0 Å². The zero-order chi connectivity index (χ0) is 19.2. The normalized spacial score (nSPS) is 11.7. The number of hydrogen-bond donors (Lipinski definition) is 0. The zero-order valence-corrected chi connectivity index (χ0v) is 16.4. The Morgan fingerprint density at radius 3 is 2.54 bits per heavy atom. The molecule has 0 atom stereocenters. The molecular weight excluding hydrogens is 342 g/mol. The number of aromatic nitrogens is 1. The summed E-state index contributed by atoms with van der Waals surface area (Å²) in [7, 11) is 0. The minimum absolute atomic E-state index is 0.779. The molecule has 0 saturated carbocycles. The van der Waals surface area contributed by atoms with Crippen molar-refractivity contribution in [2.24, 2.45) is 0 Å². The second kappa shape index (κ2) is 8.88. The van der Waals surface area contributed by atoms with Gasteiger partial charge in [0.05, 0.1) is 12.3 Å². The first-order chi connectivity index (χ1) is 13.8. The molecule has 1 aliphatic carbocycles. The van der Waals surface area contributed by atoms with Crippen molar-refractivity contribution in [1.29, 1.82) is 0 Å². The van der Waals surface area contributed by atoms with E-state index in [2.05, 4.69) is 43.0 Å². The van der Waals surface area contributed by atoms with Gasteiger partial charge in [-0.15, -0.1) is 0 Å². The molecule has 3 aromatic rings. The molecule has 0 fully saturated rings. The Bertz CT molecular complexity index is 943. The highest BCUT2D eigenvalue weighted by Crippen LogP contribution is 2.34. The topological polar surface area (TPSA) is 22.1 Å². The predicted octanol–water partition coefficient (Wildman–Crippen LogP) is 6.48. The van der Waals surface area contributed by atoms with Crippen LogP contribution >= 0.6 is 0 Å². The Morgan fingerprint density at radius 2 is 1.68 bits per heavy atom. The van der Waals surface area contributed by atoms with E-state index in [1.807, 2.05) is 30.3 Å². The lowest BCUT2D eigenvalue weighted by molar-refractivity contribution is 0.304. The smallest absolute Gasteiger partial charge is 0.119 e. The van der Waals surface area contributed by atoms with Gasteiger partial charge in [-0.2, -0.15) is 0 Å². The van der Waals surface area contributed by atoms with E-state index in [9.17, 15) is 0 Å². The van der Waals surface area contributed by atoms with Crippen LogP contribution in [0.25, 0.3) is 17.3 Å². The number of nitrogens with zero attached hydrogens (tertiary/aromatic N) is 1. The van der Waals surface area contributed by atoms with E-state index in [1.165, 1.54) is 47.3 Å². The quantitative estimate of drug-likeness (QED) is 0.315. The third-order valence-electron chi connectivity index (χ3n) is 5.40. The average molecular weight is 370 g/mol. The number of aryl methyl sites for hydroxylation is 1. The Kier molecular flexibility index (Phi) is 5.86. The van der Waals surface area contributed by atoms with Gasteiger partial charge >= 0.3 is 0 Å². The van der Waals surface area contributed by atoms with Gasteiger partial charge in [0.25, 0.3) is 0 Å². The van der Waals surface area contributed by atoms with E-state index in [0.717, 1.165) is 37.2 Å². The molecule has 1 heterocycles. The molecule has 0 unspecified atom stereocenters. The van der Waals surface area contributed by atoms with Gasteiger partial charge in [0.2, 0.25) is 0 Å². The fourth-order valence-electron chi connectivity index (χ4n) is 3.81. The summed E-state index contributed by atoms with van der Waals surface area (Å²) in [6.45, 7) is 4.55. The van der Waals surface area contributed by atoms with Crippen molar-refractivity contribution in [1.82, 2.24) is 4.98 Å². The van der Waals surface area contributed by atoms with Gasteiger partial charge in [-0.05, 0) is 54.2 Å². The van der Waals surface area contributed by atoms with E-state index in [1.54, 1.807) is 0 Å². The lowest BCUT2D eigenvalue weighted by Gasteiger charge is -2.07. The minimum Gasteiger partial charge on any atom is -0.494 e. The van der Waals surface area contributed by atoms with Crippen molar-refractivity contribution >= 4 is 6.08 Å². The molecule has 1 aliphatic rings. The number of benzene rings is 2. The molecule has 4 rings (SSSR count). The van der Waals surface area contributed by atoms with E-state index in [-0.39, 0.29) is 0 Å². The summed E-state index contributed by atoms with van der Waals surface area (Å²) in [6.07, 6.45) is 8.61. The van der Waals surface area contributed by atoms with Crippen LogP contribution in [-0.2, 0) is 12.8 Å². The maximum atomic E-state index is 5.81. The molecule has 142 valence electrons. The Labute approximate surface area is 167 Å². The summed E-state index contributed by atoms with van der Waals surface area (Å²) in [5, 5.41) is 0. The number of unbranched alkanes of at least 4 members (excludes halogenated alkanes) is 3. The fraction of sp³-hybridized carbons (Fsp3) is 0.269. The summed E-state index contributed by atoms with van der Waals surface area (Å²) in [5.41, 5.74) is 7.62. The maximum Gasteiger partial charge on any atom is 0.119 e. The van der Waals surface area contributed by atoms with Gasteiger partial charge in [0.15, 0.2) is 0 Å². The number of ether oxygens (including phenoxy) is 1. The highest BCUT2D eigenvalue weighted by atomic mass is 16.5. The van der Waals surface area contributed by atoms with Crippen molar-refractivity contribution < 1.29 is 4.74 Å². The van der Waals surface area contributed by atoms with Crippen molar-refractivity contribution in [3.05, 3.63) is 89.6 Å². The molecule has 0 amide bonds. The van der Waals surface area contributed by atoms with Gasteiger partial charge in [-0.3, -0.25) is 4.98 Å². The minimum atomic E-state index is 0.779. The molecule has 2 heteroatoms. The van der Waals surface area contributed by atoms with E-state index in [4.69, 9.17) is 9.72 Å². The van der Waals surface area contributed by atoms with Crippen LogP contribution in [0.1, 0.15) is 48.1 Å². The molecule has 0 spiro atoms. The average Bonchev–Trinajstić information content (AvgIpc) is 3.11. The van der Waals surface area contributed by atoms with Crippen LogP contribution in [0.5, 0.6) is 5.75 Å². The van der Waals surface area contributed by atoms with Crippen molar-refractivity contribution in [2.45, 2.75) is 38.5 Å². The Balaban J connectivity index is 1.18. The molecule has 0 N–H and O–H groups in total. The van der Waals surface area contributed by atoms with Crippen molar-refractivity contribution in [3.63, 3.8) is 0 Å². The highest BCUT2D eigenvalue weighted by Gasteiger charge is 2.19. The number of rotatable bonds is 9. The van der Waals surface area contributed by atoms with Gasteiger partial charge < -0.3 is 4.74 Å².